The molecule has 0 bridgehead atoms. The lowest BCUT2D eigenvalue weighted by molar-refractivity contribution is 0.102. The number of rotatable bonds is 2. The smallest absolute Gasteiger partial charge is 0.276 e. The van der Waals surface area contributed by atoms with Crippen LogP contribution in [0.1, 0.15) is 10.5 Å². The number of carbonyl (C=O) groups is 1. The Bertz CT molecular complexity index is 525. The number of anilines is 1. The second-order valence-corrected chi connectivity index (χ2v) is 4.03. The summed E-state index contributed by atoms with van der Waals surface area (Å²) in [5, 5.41) is 10.8. The molecule has 0 aliphatic heterocycles. The molecular weight excluding hydrogens is 261 g/mol. The minimum absolute atomic E-state index is 0.198. The summed E-state index contributed by atoms with van der Waals surface area (Å²) in [6, 6.07) is 9.77. The van der Waals surface area contributed by atoms with Gasteiger partial charge in [-0.25, -0.2) is 0 Å². The quantitative estimate of drug-likeness (QED) is 0.910. The van der Waals surface area contributed by atoms with E-state index in [9.17, 15) is 4.79 Å². The lowest BCUT2D eigenvalue weighted by Crippen LogP contribution is -2.14. The first-order chi connectivity index (χ1) is 8.15. The first-order valence-corrected chi connectivity index (χ1v) is 5.47. The molecule has 0 unspecified atom stereocenters. The van der Waals surface area contributed by atoms with Crippen LogP contribution in [0, 0.1) is 0 Å². The Morgan fingerprint density at radius 3 is 2.29 bits per heavy atom. The number of benzene rings is 1. The standard InChI is InChI=1S/C11H7Cl2N3O/c12-7-1-3-8(4-2-7)14-11(17)9-5-6-10(13)16-15-9/h1-6H,(H,14,17). The molecule has 0 aliphatic carbocycles. The molecule has 1 aromatic heterocycles. The molecule has 0 aliphatic rings. The molecule has 0 fully saturated rings. The summed E-state index contributed by atoms with van der Waals surface area (Å²) in [4.78, 5) is 11.7. The fourth-order valence-electron chi connectivity index (χ4n) is 1.17. The fraction of sp³-hybridized carbons (Fsp3) is 0. The lowest BCUT2D eigenvalue weighted by Gasteiger charge is -2.03. The Labute approximate surface area is 108 Å². The molecular formula is C11H7Cl2N3O. The van der Waals surface area contributed by atoms with Gasteiger partial charge in [-0.3, -0.25) is 4.79 Å². The molecule has 2 rings (SSSR count). The van der Waals surface area contributed by atoms with Gasteiger partial charge in [-0.2, -0.15) is 0 Å². The summed E-state index contributed by atoms with van der Waals surface area (Å²) >= 11 is 11.3. The third-order valence-electron chi connectivity index (χ3n) is 1.97. The van der Waals surface area contributed by atoms with E-state index < -0.39 is 0 Å². The van der Waals surface area contributed by atoms with Crippen molar-refractivity contribution in [1.29, 1.82) is 0 Å². The molecule has 6 heteroatoms. The van der Waals surface area contributed by atoms with Gasteiger partial charge in [0, 0.05) is 10.7 Å². The zero-order chi connectivity index (χ0) is 12.3. The highest BCUT2D eigenvalue weighted by atomic mass is 35.5. The van der Waals surface area contributed by atoms with E-state index in [4.69, 9.17) is 23.2 Å². The molecule has 17 heavy (non-hydrogen) atoms. The molecule has 0 saturated carbocycles. The van der Waals surface area contributed by atoms with Crippen molar-refractivity contribution >= 4 is 34.8 Å². The molecule has 4 nitrogen and oxygen atoms in total. The number of carbonyl (C=O) groups excluding carboxylic acids is 1. The minimum atomic E-state index is -0.350. The van der Waals surface area contributed by atoms with Crippen molar-refractivity contribution in [2.75, 3.05) is 5.32 Å². The van der Waals surface area contributed by atoms with Crippen molar-refractivity contribution in [2.45, 2.75) is 0 Å². The highest BCUT2D eigenvalue weighted by Gasteiger charge is 2.07. The molecule has 1 heterocycles. The van der Waals surface area contributed by atoms with Gasteiger partial charge in [0.15, 0.2) is 10.8 Å². The van der Waals surface area contributed by atoms with Gasteiger partial charge in [-0.05, 0) is 36.4 Å². The third-order valence-corrected chi connectivity index (χ3v) is 2.42. The molecule has 0 saturated heterocycles. The Hall–Kier alpha value is -1.65. The van der Waals surface area contributed by atoms with Gasteiger partial charge >= 0.3 is 0 Å². The molecule has 0 atom stereocenters. The van der Waals surface area contributed by atoms with E-state index >= 15 is 0 Å². The van der Waals surface area contributed by atoms with E-state index in [0.717, 1.165) is 0 Å². The van der Waals surface area contributed by atoms with Crippen LogP contribution in [0.3, 0.4) is 0 Å². The number of amides is 1. The highest BCUT2D eigenvalue weighted by molar-refractivity contribution is 6.30. The van der Waals surface area contributed by atoms with Crippen LogP contribution in [0.25, 0.3) is 0 Å². The van der Waals surface area contributed by atoms with E-state index in [-0.39, 0.29) is 16.8 Å². The van der Waals surface area contributed by atoms with E-state index in [1.165, 1.54) is 12.1 Å². The number of hydrogen-bond donors (Lipinski definition) is 1. The Morgan fingerprint density at radius 2 is 1.71 bits per heavy atom. The van der Waals surface area contributed by atoms with Crippen molar-refractivity contribution in [2.24, 2.45) is 0 Å². The summed E-state index contributed by atoms with van der Waals surface area (Å²) in [6.45, 7) is 0. The second kappa shape index (κ2) is 5.12. The van der Waals surface area contributed by atoms with Crippen molar-refractivity contribution in [3.8, 4) is 0 Å². The Morgan fingerprint density at radius 1 is 1.00 bits per heavy atom. The van der Waals surface area contributed by atoms with Gasteiger partial charge < -0.3 is 5.32 Å². The van der Waals surface area contributed by atoms with Gasteiger partial charge in [0.05, 0.1) is 0 Å². The normalized spacial score (nSPS) is 10.0. The Kier molecular flexibility index (Phi) is 3.56. The topological polar surface area (TPSA) is 54.9 Å². The molecule has 2 aromatic rings. The number of hydrogen-bond acceptors (Lipinski definition) is 3. The van der Waals surface area contributed by atoms with Crippen LogP contribution in [0.2, 0.25) is 10.2 Å². The fourth-order valence-corrected chi connectivity index (χ4v) is 1.39. The van der Waals surface area contributed by atoms with Crippen molar-refractivity contribution in [3.05, 3.63) is 52.3 Å². The van der Waals surface area contributed by atoms with E-state index in [2.05, 4.69) is 15.5 Å². The SMILES string of the molecule is O=C(Nc1ccc(Cl)cc1)c1ccc(Cl)nn1. The summed E-state index contributed by atoms with van der Waals surface area (Å²) < 4.78 is 0. The van der Waals surface area contributed by atoms with Crippen LogP contribution < -0.4 is 5.32 Å². The Balaban J connectivity index is 2.11. The molecule has 1 aromatic carbocycles. The van der Waals surface area contributed by atoms with Crippen LogP contribution in [-0.2, 0) is 0 Å². The number of aromatic nitrogens is 2. The van der Waals surface area contributed by atoms with Gasteiger partial charge in [0.2, 0.25) is 0 Å². The van der Waals surface area contributed by atoms with Crippen LogP contribution in [0.15, 0.2) is 36.4 Å². The maximum absolute atomic E-state index is 11.7. The number of nitrogens with one attached hydrogen (secondary N) is 1. The molecule has 1 N–H and O–H groups in total. The van der Waals surface area contributed by atoms with E-state index in [1.54, 1.807) is 24.3 Å². The zero-order valence-electron chi connectivity index (χ0n) is 8.52. The maximum atomic E-state index is 11.7. The summed E-state index contributed by atoms with van der Waals surface area (Å²) in [7, 11) is 0. The summed E-state index contributed by atoms with van der Waals surface area (Å²) in [6.07, 6.45) is 0. The van der Waals surface area contributed by atoms with Gasteiger partial charge in [0.25, 0.3) is 5.91 Å². The van der Waals surface area contributed by atoms with Crippen LogP contribution in [-0.4, -0.2) is 16.1 Å². The van der Waals surface area contributed by atoms with Crippen LogP contribution >= 0.6 is 23.2 Å². The molecule has 0 radical (unpaired) electrons. The van der Waals surface area contributed by atoms with Crippen molar-refractivity contribution in [3.63, 3.8) is 0 Å². The van der Waals surface area contributed by atoms with Crippen molar-refractivity contribution in [1.82, 2.24) is 10.2 Å². The van der Waals surface area contributed by atoms with Crippen LogP contribution in [0.4, 0.5) is 5.69 Å². The maximum Gasteiger partial charge on any atom is 0.276 e. The van der Waals surface area contributed by atoms with Crippen LogP contribution in [0.5, 0.6) is 0 Å². The number of halogens is 2. The summed E-state index contributed by atoms with van der Waals surface area (Å²) in [5.74, 6) is -0.350. The average Bonchev–Trinajstić information content (AvgIpc) is 2.33. The average molecular weight is 268 g/mol. The molecule has 0 spiro atoms. The zero-order valence-corrected chi connectivity index (χ0v) is 10.0. The summed E-state index contributed by atoms with van der Waals surface area (Å²) in [5.41, 5.74) is 0.834. The first kappa shape index (κ1) is 11.8. The van der Waals surface area contributed by atoms with E-state index in [1.807, 2.05) is 0 Å². The number of nitrogens with zero attached hydrogens (tertiary/aromatic N) is 2. The van der Waals surface area contributed by atoms with Gasteiger partial charge in [0.1, 0.15) is 0 Å². The minimum Gasteiger partial charge on any atom is -0.321 e. The van der Waals surface area contributed by atoms with E-state index in [0.29, 0.717) is 10.7 Å². The van der Waals surface area contributed by atoms with Gasteiger partial charge in [-0.15, -0.1) is 10.2 Å². The van der Waals surface area contributed by atoms with Gasteiger partial charge in [-0.1, -0.05) is 23.2 Å². The molecule has 86 valence electrons. The first-order valence-electron chi connectivity index (χ1n) is 4.71. The molecule has 1 amide bonds. The predicted molar refractivity (Wildman–Crippen MR) is 66.4 cm³/mol. The lowest BCUT2D eigenvalue weighted by atomic mass is 10.3. The van der Waals surface area contributed by atoms with Crippen molar-refractivity contribution < 1.29 is 4.79 Å². The predicted octanol–water partition coefficient (Wildman–Crippen LogP) is 3.04. The monoisotopic (exact) mass is 267 g/mol. The largest absolute Gasteiger partial charge is 0.321 e. The third kappa shape index (κ3) is 3.15. The second-order valence-electron chi connectivity index (χ2n) is 3.20. The highest BCUT2D eigenvalue weighted by Crippen LogP contribution is 2.14.